The second-order valence-electron chi connectivity index (χ2n) is 9.39. The number of allylic oxidation sites excluding steroid dienone is 2. The summed E-state index contributed by atoms with van der Waals surface area (Å²) < 4.78 is 53.2. The molecule has 0 bridgehead atoms. The molecule has 0 spiro atoms. The van der Waals surface area contributed by atoms with Gasteiger partial charge in [0.2, 0.25) is 0 Å². The average molecular weight is 588 g/mol. The van der Waals surface area contributed by atoms with Crippen LogP contribution < -0.4 is 11.5 Å². The lowest BCUT2D eigenvalue weighted by Crippen LogP contribution is -2.24. The molecule has 0 aromatic heterocycles. The number of rotatable bonds is 4. The van der Waals surface area contributed by atoms with Gasteiger partial charge in [-0.3, -0.25) is 4.79 Å². The largest absolute Gasteiger partial charge is 0.465 e. The number of nitrogens with zero attached hydrogens (tertiary/aromatic N) is 1. The van der Waals surface area contributed by atoms with E-state index in [0.717, 1.165) is 16.7 Å². The number of carbonyl (C=O) groups is 2. The van der Waals surface area contributed by atoms with Gasteiger partial charge in [-0.25, -0.2) is 21.6 Å². The van der Waals surface area contributed by atoms with E-state index in [0.29, 0.717) is 35.1 Å². The molecule has 214 valence electrons. The molecule has 0 radical (unpaired) electrons. The zero-order valence-electron chi connectivity index (χ0n) is 23.1. The van der Waals surface area contributed by atoms with Crippen LogP contribution in [0.4, 0.5) is 0 Å². The Labute approximate surface area is 234 Å². The fourth-order valence-corrected chi connectivity index (χ4v) is 7.51. The number of esters is 1. The first-order valence-corrected chi connectivity index (χ1v) is 15.8. The zero-order chi connectivity index (χ0) is 30.0. The van der Waals surface area contributed by atoms with E-state index in [2.05, 4.69) is 4.99 Å². The van der Waals surface area contributed by atoms with Crippen LogP contribution in [0, 0.1) is 0 Å². The molecule has 10 nitrogen and oxygen atoms in total. The second kappa shape index (κ2) is 11.8. The molecule has 0 saturated carbocycles. The van der Waals surface area contributed by atoms with Crippen molar-refractivity contribution >= 4 is 48.7 Å². The molecule has 0 atom stereocenters. The summed E-state index contributed by atoms with van der Waals surface area (Å²) in [6.45, 7) is 7.53. The highest BCUT2D eigenvalue weighted by molar-refractivity contribution is 7.92. The molecule has 1 amide bonds. The summed E-state index contributed by atoms with van der Waals surface area (Å²) in [5.41, 5.74) is 15.6. The molecular weight excluding hydrogens is 554 g/mol. The first-order chi connectivity index (χ1) is 18.7. The number of hydrogen-bond acceptors (Lipinski definition) is 7. The van der Waals surface area contributed by atoms with Gasteiger partial charge in [0.05, 0.1) is 34.0 Å². The van der Waals surface area contributed by atoms with Gasteiger partial charge in [-0.1, -0.05) is 26.0 Å². The number of carbonyl (C=O) groups excluding carboxylic acids is 2. The number of aliphatic imine (C=N–C) groups is 1. The van der Waals surface area contributed by atoms with E-state index < -0.39 is 31.6 Å². The molecule has 4 N–H and O–H groups in total. The summed E-state index contributed by atoms with van der Waals surface area (Å²) in [5.74, 6) is -1.55. The Morgan fingerprint density at radius 1 is 0.800 bits per heavy atom. The van der Waals surface area contributed by atoms with Crippen LogP contribution >= 0.6 is 0 Å². The lowest BCUT2D eigenvalue weighted by Gasteiger charge is -2.18. The summed E-state index contributed by atoms with van der Waals surface area (Å²) in [6, 6.07) is 6.35. The third kappa shape index (κ3) is 6.18. The molecule has 4 rings (SSSR count). The number of benzene rings is 2. The van der Waals surface area contributed by atoms with Crippen LogP contribution in [0.15, 0.2) is 51.2 Å². The topological polar surface area (TPSA) is 176 Å². The van der Waals surface area contributed by atoms with E-state index in [1.54, 1.807) is 24.3 Å². The third-order valence-corrected chi connectivity index (χ3v) is 10.0. The van der Waals surface area contributed by atoms with Crippen LogP contribution in [0.3, 0.4) is 0 Å². The lowest BCUT2D eigenvalue weighted by molar-refractivity contribution is 0.0599. The van der Waals surface area contributed by atoms with Crippen molar-refractivity contribution in [1.82, 2.24) is 0 Å². The summed E-state index contributed by atoms with van der Waals surface area (Å²) in [7, 11) is -5.48. The average Bonchev–Trinajstić information content (AvgIpc) is 2.91. The van der Waals surface area contributed by atoms with E-state index >= 15 is 0 Å². The minimum Gasteiger partial charge on any atom is -0.465 e. The van der Waals surface area contributed by atoms with Gasteiger partial charge in [0.1, 0.15) is 0 Å². The number of amides is 1. The third-order valence-electron chi connectivity index (χ3n) is 6.78. The second-order valence-corrected chi connectivity index (χ2v) is 13.4. The van der Waals surface area contributed by atoms with Crippen LogP contribution in [-0.2, 0) is 37.3 Å². The molecule has 2 aliphatic rings. The Bertz CT molecular complexity index is 1700. The van der Waals surface area contributed by atoms with Crippen molar-refractivity contribution in [3.63, 3.8) is 0 Å². The normalized spacial score (nSPS) is 16.1. The van der Waals surface area contributed by atoms with Gasteiger partial charge in [0, 0.05) is 5.56 Å². The Hall–Kier alpha value is -3.77. The summed E-state index contributed by atoms with van der Waals surface area (Å²) in [4.78, 5) is 27.7. The van der Waals surface area contributed by atoms with Gasteiger partial charge >= 0.3 is 5.97 Å². The number of nitrogens with two attached hydrogens (primary N) is 2. The first kappa shape index (κ1) is 30.8. The van der Waals surface area contributed by atoms with Gasteiger partial charge in [0.25, 0.3) is 5.91 Å². The summed E-state index contributed by atoms with van der Waals surface area (Å²) in [6.07, 6.45) is 4.59. The molecule has 2 aromatic rings. The molecule has 2 aromatic carbocycles. The van der Waals surface area contributed by atoms with Crippen molar-refractivity contribution < 1.29 is 31.2 Å². The number of methoxy groups -OCH3 is 1. The van der Waals surface area contributed by atoms with E-state index in [1.807, 2.05) is 27.7 Å². The van der Waals surface area contributed by atoms with E-state index in [-0.39, 0.29) is 32.8 Å². The quantitative estimate of drug-likeness (QED) is 0.309. The summed E-state index contributed by atoms with van der Waals surface area (Å²) >= 11 is 0. The standard InChI is InChI=1S/C14H17N3O3S.C14H16O4S/c1-3-9-6-10-8(2)4-5-21(19,20)12(10)7-11(9)13(18)17-14(15)16;1-4-10-7-11-9(2)5-6-19(16,17)13(11)8-12(10)14(15)18-3/h4,6-7H,3,5H2,1-2H3,(H4,15,16,17,18);5,7-8H,4,6H2,1-3H3. The Kier molecular flexibility index (Phi) is 9.05. The molecule has 0 aliphatic carbocycles. The van der Waals surface area contributed by atoms with Crippen LogP contribution in [0.2, 0.25) is 0 Å². The SMILES string of the molecule is CCc1cc2c(cc1C(=O)N=C(N)N)S(=O)(=O)CC=C2C.CCc1cc2c(cc1C(=O)OC)S(=O)(=O)CC=C2C. The molecular formula is C28H33N3O7S2. The number of fused-ring (bicyclic) bond motifs is 2. The van der Waals surface area contributed by atoms with Crippen molar-refractivity contribution in [1.29, 1.82) is 0 Å². The number of guanidine groups is 1. The molecule has 2 heterocycles. The maximum Gasteiger partial charge on any atom is 0.338 e. The van der Waals surface area contributed by atoms with Gasteiger partial charge < -0.3 is 16.2 Å². The molecule has 0 unspecified atom stereocenters. The molecule has 12 heteroatoms. The fourth-order valence-electron chi connectivity index (χ4n) is 4.51. The zero-order valence-corrected chi connectivity index (χ0v) is 24.7. The smallest absolute Gasteiger partial charge is 0.338 e. The minimum atomic E-state index is -3.42. The molecule has 2 aliphatic heterocycles. The van der Waals surface area contributed by atoms with E-state index in [1.165, 1.54) is 19.2 Å². The molecule has 0 saturated heterocycles. The van der Waals surface area contributed by atoms with Gasteiger partial charge in [0.15, 0.2) is 25.6 Å². The maximum absolute atomic E-state index is 12.2. The highest BCUT2D eigenvalue weighted by Gasteiger charge is 2.27. The van der Waals surface area contributed by atoms with E-state index in [4.69, 9.17) is 16.2 Å². The van der Waals surface area contributed by atoms with Crippen LogP contribution in [0.5, 0.6) is 0 Å². The number of hydrogen-bond donors (Lipinski definition) is 2. The number of aryl methyl sites for hydroxylation is 2. The highest BCUT2D eigenvalue weighted by atomic mass is 32.2. The monoisotopic (exact) mass is 587 g/mol. The Balaban J connectivity index is 0.000000222. The molecule has 0 fully saturated rings. The summed E-state index contributed by atoms with van der Waals surface area (Å²) in [5, 5.41) is 0. The van der Waals surface area contributed by atoms with Crippen molar-refractivity contribution in [2.75, 3.05) is 18.6 Å². The lowest BCUT2D eigenvalue weighted by atomic mass is 9.97. The van der Waals surface area contributed by atoms with Gasteiger partial charge in [-0.2, -0.15) is 4.99 Å². The predicted molar refractivity (Wildman–Crippen MR) is 155 cm³/mol. The van der Waals surface area contributed by atoms with E-state index in [9.17, 15) is 26.4 Å². The Morgan fingerprint density at radius 3 is 1.62 bits per heavy atom. The number of ether oxygens (including phenoxy) is 1. The number of sulfone groups is 2. The minimum absolute atomic E-state index is 0.0160. The van der Waals surface area contributed by atoms with Crippen molar-refractivity contribution in [2.24, 2.45) is 16.5 Å². The maximum atomic E-state index is 12.2. The molecule has 40 heavy (non-hydrogen) atoms. The predicted octanol–water partition coefficient (Wildman–Crippen LogP) is 3.08. The van der Waals surface area contributed by atoms with Gasteiger partial charge in [-0.05, 0) is 84.4 Å². The van der Waals surface area contributed by atoms with Crippen LogP contribution in [0.25, 0.3) is 11.1 Å². The fraction of sp³-hybridized carbons (Fsp3) is 0.321. The highest BCUT2D eigenvalue weighted by Crippen LogP contribution is 2.33. The van der Waals surface area contributed by atoms with Crippen LogP contribution in [0.1, 0.15) is 70.7 Å². The van der Waals surface area contributed by atoms with Crippen molar-refractivity contribution in [2.45, 2.75) is 50.3 Å². The van der Waals surface area contributed by atoms with Crippen molar-refractivity contribution in [3.05, 3.63) is 69.8 Å². The van der Waals surface area contributed by atoms with Crippen LogP contribution in [-0.4, -0.2) is 53.3 Å². The van der Waals surface area contributed by atoms with Crippen molar-refractivity contribution in [3.8, 4) is 0 Å². The first-order valence-electron chi connectivity index (χ1n) is 12.5. The van der Waals surface area contributed by atoms with Gasteiger partial charge in [-0.15, -0.1) is 0 Å². The Morgan fingerprint density at radius 2 is 1.23 bits per heavy atom.